The van der Waals surface area contributed by atoms with Crippen molar-refractivity contribution in [1.82, 2.24) is 0 Å². The molecule has 0 aromatic rings. The zero-order chi connectivity index (χ0) is 31.9. The van der Waals surface area contributed by atoms with Crippen LogP contribution in [0.3, 0.4) is 0 Å². The Kier molecular flexibility index (Phi) is 16.7. The van der Waals surface area contributed by atoms with Crippen LogP contribution in [0.15, 0.2) is 0 Å². The Morgan fingerprint density at radius 2 is 0.488 bits per heavy atom. The van der Waals surface area contributed by atoms with Gasteiger partial charge in [-0.05, 0) is 0 Å². The lowest BCUT2D eigenvalue weighted by atomic mass is 8.37. The molecule has 0 saturated carbocycles. The summed E-state index contributed by atoms with van der Waals surface area (Å²) in [5.41, 5.74) is 0. The minimum absolute atomic E-state index is 0.0465. The molecule has 0 N–H and O–H groups in total. The van der Waals surface area contributed by atoms with E-state index in [4.69, 9.17) is 70.7 Å². The monoisotopic (exact) mass is 504 g/mol. The lowest BCUT2D eigenvalue weighted by molar-refractivity contribution is 2.05. The molecule has 0 bridgehead atoms. The molecule has 14 heteroatoms. The first-order valence-electron chi connectivity index (χ1n) is 13.6. The molecule has 0 atom stereocenters. The summed E-state index contributed by atoms with van der Waals surface area (Å²) >= 11 is 0. The highest BCUT2D eigenvalue weighted by Gasteiger charge is 2.61. The van der Waals surface area contributed by atoms with E-state index >= 15 is 0 Å². The highest BCUT2D eigenvalue weighted by molar-refractivity contribution is 8.19. The Labute approximate surface area is 259 Å². The molecule has 0 aliphatic heterocycles. The predicted molar refractivity (Wildman–Crippen MR) is 207 cm³/mol. The van der Waals surface area contributed by atoms with Crippen LogP contribution in [0.1, 0.15) is 0 Å². The van der Waals surface area contributed by atoms with Crippen molar-refractivity contribution in [2.75, 3.05) is 0 Å². The summed E-state index contributed by atoms with van der Waals surface area (Å²) in [4.78, 5) is 0. The molecule has 0 saturated heterocycles. The van der Waals surface area contributed by atoms with E-state index in [1.165, 1.54) is 0 Å². The van der Waals surface area contributed by atoms with Gasteiger partial charge >= 0.3 is 0 Å². The fraction of sp³-hybridized carbons (Fsp3) is 0.185. The van der Waals surface area contributed by atoms with Crippen LogP contribution in [-0.2, 0) is 0 Å². The second-order valence-corrected chi connectivity index (χ2v) is 11.0. The zero-order valence-corrected chi connectivity index (χ0v) is 24.9. The van der Waals surface area contributed by atoms with Crippen LogP contribution in [0, 0.1) is 135 Å². The quantitative estimate of drug-likeness (QED) is 0.224. The smallest absolute Gasteiger partial charge is 0.170 e. The molecule has 0 aliphatic rings. The van der Waals surface area contributed by atoms with Gasteiger partial charge in [0, 0.05) is 19.2 Å². The Balaban J connectivity index is 8.75. The third-order valence-corrected chi connectivity index (χ3v) is 8.32. The van der Waals surface area contributed by atoms with Crippen LogP contribution < -0.4 is 0 Å². The van der Waals surface area contributed by atoms with Crippen molar-refractivity contribution in [2.45, 2.75) is 34.1 Å². The lowest BCUT2D eigenvalue weighted by Gasteiger charge is -2.44. The van der Waals surface area contributed by atoms with Crippen LogP contribution in [0.5, 0.6) is 0 Å². The molecule has 0 radical (unpaired) electrons. The molecule has 176 valence electrons. The molecular formula is C27H26B14. The van der Waals surface area contributed by atoms with Crippen molar-refractivity contribution < 1.29 is 0 Å². The van der Waals surface area contributed by atoms with E-state index in [-0.39, 0.29) is 32.6 Å². The topological polar surface area (TPSA) is 0 Å². The van der Waals surface area contributed by atoms with Gasteiger partial charge in [0.25, 0.3) is 33.0 Å². The Hall–Kier alpha value is -3.93. The fourth-order valence-electron chi connectivity index (χ4n) is 6.78. The van der Waals surface area contributed by atoms with Crippen molar-refractivity contribution in [3.05, 3.63) is 0 Å². The SMILES string of the molecule is C#CB(C)B(B(C#C)C#C)B(B(B(C)C)B(C)C)B(B(B(C#C)C#C)B(C#C)C#C)B(B(C#C)C#C)B(C#C)C#C. The van der Waals surface area contributed by atoms with Crippen molar-refractivity contribution >= 4 is 91.1 Å². The number of hydrogen-bond donors (Lipinski definition) is 0. The van der Waals surface area contributed by atoms with Crippen molar-refractivity contribution in [3.63, 3.8) is 0 Å². The first kappa shape index (κ1) is 37.1. The third-order valence-electron chi connectivity index (χ3n) is 8.32. The van der Waals surface area contributed by atoms with Crippen molar-refractivity contribution in [1.29, 1.82) is 0 Å². The van der Waals surface area contributed by atoms with Gasteiger partial charge in [-0.15, -0.1) is 70.7 Å². The fourth-order valence-corrected chi connectivity index (χ4v) is 6.78. The number of hydrogen-bond acceptors (Lipinski definition) is 0. The summed E-state index contributed by atoms with van der Waals surface area (Å²) < 4.78 is 0. The van der Waals surface area contributed by atoms with Crippen molar-refractivity contribution in [3.8, 4) is 135 Å². The first-order valence-corrected chi connectivity index (χ1v) is 13.6. The van der Waals surface area contributed by atoms with Crippen LogP contribution >= 0.6 is 0 Å². The molecule has 0 spiro atoms. The van der Waals surface area contributed by atoms with Gasteiger partial charge in [-0.25, -0.2) is 0 Å². The summed E-state index contributed by atoms with van der Waals surface area (Å²) in [5, 5.41) is 0. The van der Waals surface area contributed by atoms with Crippen LogP contribution in [0.4, 0.5) is 0 Å². The maximum Gasteiger partial charge on any atom is 0.266 e. The average molecular weight is 502 g/mol. The molecule has 0 rings (SSSR count). The highest BCUT2D eigenvalue weighted by atomic mass is 13.6. The summed E-state index contributed by atoms with van der Waals surface area (Å²) in [6.07, 6.45) is 63.6. The molecule has 0 fully saturated rings. The molecule has 41 heavy (non-hydrogen) atoms. The largest absolute Gasteiger partial charge is 0.266 e. The van der Waals surface area contributed by atoms with Gasteiger partial charge in [-0.3, -0.25) is 0 Å². The van der Waals surface area contributed by atoms with E-state index in [1.54, 1.807) is 0 Å². The van der Waals surface area contributed by atoms with Gasteiger partial charge in [0.05, 0.1) is 19.6 Å². The second kappa shape index (κ2) is 18.4. The zero-order valence-electron chi connectivity index (χ0n) is 24.9. The van der Waals surface area contributed by atoms with E-state index in [9.17, 15) is 0 Å². The molecule has 0 aromatic carbocycles. The van der Waals surface area contributed by atoms with Gasteiger partial charge in [0.2, 0.25) is 0 Å². The first-order chi connectivity index (χ1) is 19.5. The summed E-state index contributed by atoms with van der Waals surface area (Å²) in [5.74, 6) is 30.2. The lowest BCUT2D eigenvalue weighted by Crippen LogP contribution is -2.86. The van der Waals surface area contributed by atoms with Gasteiger partial charge in [0.1, 0.15) is 12.8 Å². The summed E-state index contributed by atoms with van der Waals surface area (Å²) in [6.45, 7) is 6.33. The maximum absolute atomic E-state index is 6.07. The van der Waals surface area contributed by atoms with Gasteiger partial charge < -0.3 is 0 Å². The average Bonchev–Trinajstić information content (AvgIpc) is 2.96. The Bertz CT molecular complexity index is 1180. The summed E-state index contributed by atoms with van der Waals surface area (Å²) in [7, 11) is 0. The van der Waals surface area contributed by atoms with E-state index in [1.807, 2.05) is 6.82 Å². The van der Waals surface area contributed by atoms with Gasteiger partial charge in [-0.1, -0.05) is 34.1 Å². The minimum Gasteiger partial charge on any atom is -0.170 e. The molecule has 0 aromatic heterocycles. The van der Waals surface area contributed by atoms with Gasteiger partial charge in [-0.2, -0.15) is 64.0 Å². The van der Waals surface area contributed by atoms with Crippen molar-refractivity contribution in [2.24, 2.45) is 0 Å². The summed E-state index contributed by atoms with van der Waals surface area (Å²) in [6, 6.07) is 0. The number of rotatable bonds is 13. The Morgan fingerprint density at radius 3 is 0.683 bits per heavy atom. The van der Waals surface area contributed by atoms with E-state index < -0.39 is 58.6 Å². The number of terminal acetylenes is 11. The predicted octanol–water partition coefficient (Wildman–Crippen LogP) is -1.02. The van der Waals surface area contributed by atoms with Crippen LogP contribution in [-0.4, -0.2) is 91.1 Å². The van der Waals surface area contributed by atoms with Gasteiger partial charge in [0.15, 0.2) is 6.60 Å². The molecule has 0 nitrogen and oxygen atoms in total. The van der Waals surface area contributed by atoms with E-state index in [2.05, 4.69) is 91.3 Å². The highest BCUT2D eigenvalue weighted by Crippen LogP contribution is 2.20. The molecular weight excluding hydrogens is 476 g/mol. The minimum atomic E-state index is -0.814. The Morgan fingerprint density at radius 1 is 0.268 bits per heavy atom. The standard InChI is InChI=1S/C27H26B14/c1-17-30(16)37(31(18-2)19-3)40(36(28(12)13)29(14)15)41(38(32(20-4)21-5)33(22-6)23-7)39(34(24-8)25-9)35(26-10)27-11/h1-11H,12-16H3. The molecule has 0 aliphatic carbocycles. The molecule has 0 unspecified atom stereocenters. The maximum atomic E-state index is 6.07. The van der Waals surface area contributed by atoms with Crippen LogP contribution in [0.2, 0.25) is 34.1 Å². The van der Waals surface area contributed by atoms with Crippen LogP contribution in [0.25, 0.3) is 0 Å². The normalized spacial score (nSPS) is 7.85. The second-order valence-electron chi connectivity index (χ2n) is 11.0. The molecule has 0 heterocycles. The molecule has 0 amide bonds. The van der Waals surface area contributed by atoms with E-state index in [0.717, 1.165) is 0 Å². The van der Waals surface area contributed by atoms with E-state index in [0.29, 0.717) is 0 Å². The third kappa shape index (κ3) is 8.53.